The molecule has 1 aromatic heterocycles. The summed E-state index contributed by atoms with van der Waals surface area (Å²) in [4.78, 5) is 20.2. The number of carbonyl (C=O) groups is 1. The van der Waals surface area contributed by atoms with Crippen LogP contribution in [0.1, 0.15) is 34.2 Å². The lowest BCUT2D eigenvalue weighted by Gasteiger charge is -2.38. The summed E-state index contributed by atoms with van der Waals surface area (Å²) in [7, 11) is 1.63. The fourth-order valence-corrected chi connectivity index (χ4v) is 4.80. The first-order valence-electron chi connectivity index (χ1n) is 11.3. The van der Waals surface area contributed by atoms with Crippen LogP contribution in [0.4, 0.5) is 0 Å². The molecule has 0 saturated carbocycles. The second-order valence-electron chi connectivity index (χ2n) is 8.39. The minimum absolute atomic E-state index is 0.00268. The zero-order chi connectivity index (χ0) is 23.7. The Morgan fingerprint density at radius 3 is 2.50 bits per heavy atom. The zero-order valence-corrected chi connectivity index (χ0v) is 19.9. The van der Waals surface area contributed by atoms with E-state index in [0.29, 0.717) is 28.9 Å². The Balaban J connectivity index is 1.45. The molecule has 0 N–H and O–H groups in total. The molecule has 172 valence electrons. The molecule has 0 bridgehead atoms. The Morgan fingerprint density at radius 2 is 1.76 bits per heavy atom. The quantitative estimate of drug-likeness (QED) is 0.356. The molecule has 0 saturated heterocycles. The van der Waals surface area contributed by atoms with Gasteiger partial charge in [-0.2, -0.15) is 0 Å². The van der Waals surface area contributed by atoms with Gasteiger partial charge >= 0.3 is 0 Å². The number of ether oxygens (including phenoxy) is 1. The predicted molar refractivity (Wildman–Crippen MR) is 132 cm³/mol. The predicted octanol–water partition coefficient (Wildman–Crippen LogP) is 6.03. The Hall–Kier alpha value is -3.57. The van der Waals surface area contributed by atoms with Crippen LogP contribution in [0.25, 0.3) is 11.5 Å². The van der Waals surface area contributed by atoms with E-state index in [1.807, 2.05) is 72.5 Å². The molecule has 3 aromatic carbocycles. The monoisotopic (exact) mass is 472 g/mol. The fourth-order valence-electron chi connectivity index (χ4n) is 4.56. The average molecular weight is 473 g/mol. The van der Waals surface area contributed by atoms with E-state index in [4.69, 9.17) is 20.8 Å². The molecular formula is C28H25ClN2O3. The van der Waals surface area contributed by atoms with Crippen molar-refractivity contribution < 1.29 is 13.9 Å². The van der Waals surface area contributed by atoms with Crippen LogP contribution >= 0.6 is 11.6 Å². The van der Waals surface area contributed by atoms with Crippen molar-refractivity contribution in [2.75, 3.05) is 13.7 Å². The van der Waals surface area contributed by atoms with Crippen molar-refractivity contribution >= 4 is 17.5 Å². The summed E-state index contributed by atoms with van der Waals surface area (Å²) in [5.74, 6) is 1.90. The highest BCUT2D eigenvalue weighted by Crippen LogP contribution is 2.38. The number of benzene rings is 3. The van der Waals surface area contributed by atoms with Gasteiger partial charge in [-0.3, -0.25) is 4.79 Å². The molecule has 0 radical (unpaired) electrons. The fraction of sp³-hybridized carbons (Fsp3) is 0.214. The molecule has 1 amide bonds. The SMILES string of the molecule is COc1ccc(-c2nc(CC(=O)N3CCc4ccccc4C3c3ccccc3Cl)c(C)o2)cc1. The van der Waals surface area contributed by atoms with Crippen LogP contribution in [-0.2, 0) is 17.6 Å². The van der Waals surface area contributed by atoms with Crippen LogP contribution in [0.5, 0.6) is 5.75 Å². The minimum atomic E-state index is -0.237. The van der Waals surface area contributed by atoms with Crippen molar-refractivity contribution in [2.24, 2.45) is 0 Å². The minimum Gasteiger partial charge on any atom is -0.497 e. The van der Waals surface area contributed by atoms with Crippen LogP contribution in [0.2, 0.25) is 5.02 Å². The van der Waals surface area contributed by atoms with Gasteiger partial charge in [0.15, 0.2) is 0 Å². The van der Waals surface area contributed by atoms with Crippen molar-refractivity contribution in [2.45, 2.75) is 25.8 Å². The topological polar surface area (TPSA) is 55.6 Å². The van der Waals surface area contributed by atoms with Gasteiger partial charge in [0.2, 0.25) is 11.8 Å². The first-order valence-corrected chi connectivity index (χ1v) is 11.7. The number of methoxy groups -OCH3 is 1. The van der Waals surface area contributed by atoms with Crippen molar-refractivity contribution in [3.05, 3.63) is 106 Å². The third kappa shape index (κ3) is 4.19. The molecule has 0 spiro atoms. The number of nitrogens with zero attached hydrogens (tertiary/aromatic N) is 2. The number of amides is 1. The Morgan fingerprint density at radius 1 is 1.06 bits per heavy atom. The number of halogens is 1. The maximum Gasteiger partial charge on any atom is 0.229 e. The second kappa shape index (κ2) is 9.35. The van der Waals surface area contributed by atoms with Crippen LogP contribution < -0.4 is 4.74 Å². The Kier molecular flexibility index (Phi) is 6.12. The largest absolute Gasteiger partial charge is 0.497 e. The maximum absolute atomic E-state index is 13.6. The lowest BCUT2D eigenvalue weighted by Crippen LogP contribution is -2.41. The van der Waals surface area contributed by atoms with Crippen LogP contribution in [0.15, 0.2) is 77.2 Å². The number of hydrogen-bond acceptors (Lipinski definition) is 4. The third-order valence-electron chi connectivity index (χ3n) is 6.35. The highest BCUT2D eigenvalue weighted by atomic mass is 35.5. The van der Waals surface area contributed by atoms with E-state index >= 15 is 0 Å². The Labute approximate surface area is 204 Å². The lowest BCUT2D eigenvalue weighted by molar-refractivity contribution is -0.132. The van der Waals surface area contributed by atoms with Gasteiger partial charge in [-0.25, -0.2) is 4.98 Å². The van der Waals surface area contributed by atoms with E-state index in [2.05, 4.69) is 17.1 Å². The van der Waals surface area contributed by atoms with Gasteiger partial charge < -0.3 is 14.1 Å². The summed E-state index contributed by atoms with van der Waals surface area (Å²) in [5, 5.41) is 0.654. The second-order valence-corrected chi connectivity index (χ2v) is 8.79. The van der Waals surface area contributed by atoms with Crippen molar-refractivity contribution in [1.29, 1.82) is 0 Å². The number of fused-ring (bicyclic) bond motifs is 1. The molecule has 5 rings (SSSR count). The van der Waals surface area contributed by atoms with Crippen LogP contribution in [0.3, 0.4) is 0 Å². The number of hydrogen-bond donors (Lipinski definition) is 0. The third-order valence-corrected chi connectivity index (χ3v) is 6.70. The number of aromatic nitrogens is 1. The summed E-state index contributed by atoms with van der Waals surface area (Å²) in [6.07, 6.45) is 0.965. The summed E-state index contributed by atoms with van der Waals surface area (Å²) >= 11 is 6.60. The van der Waals surface area contributed by atoms with Crippen LogP contribution in [0, 0.1) is 6.92 Å². The van der Waals surface area contributed by atoms with E-state index < -0.39 is 0 Å². The summed E-state index contributed by atoms with van der Waals surface area (Å²) in [6, 6.07) is 23.3. The van der Waals surface area contributed by atoms with E-state index in [0.717, 1.165) is 28.9 Å². The highest BCUT2D eigenvalue weighted by Gasteiger charge is 2.33. The molecule has 34 heavy (non-hydrogen) atoms. The van der Waals surface area contributed by atoms with E-state index in [1.165, 1.54) is 5.56 Å². The van der Waals surface area contributed by atoms with E-state index in [-0.39, 0.29) is 18.4 Å². The van der Waals surface area contributed by atoms with E-state index in [1.54, 1.807) is 7.11 Å². The summed E-state index contributed by atoms with van der Waals surface area (Å²) < 4.78 is 11.1. The van der Waals surface area contributed by atoms with Gasteiger partial charge in [-0.1, -0.05) is 54.1 Å². The molecule has 6 heteroatoms. The van der Waals surface area contributed by atoms with Gasteiger partial charge in [0.05, 0.1) is 25.3 Å². The zero-order valence-electron chi connectivity index (χ0n) is 19.1. The first-order chi connectivity index (χ1) is 16.5. The van der Waals surface area contributed by atoms with Crippen molar-refractivity contribution in [3.63, 3.8) is 0 Å². The molecule has 0 fully saturated rings. The molecule has 1 aliphatic heterocycles. The molecule has 5 nitrogen and oxygen atoms in total. The molecule has 2 heterocycles. The number of carbonyl (C=O) groups excluding carboxylic acids is 1. The number of oxazole rings is 1. The van der Waals surface area contributed by atoms with Crippen LogP contribution in [-0.4, -0.2) is 29.4 Å². The smallest absolute Gasteiger partial charge is 0.229 e. The normalized spacial score (nSPS) is 15.1. The summed E-state index contributed by atoms with van der Waals surface area (Å²) in [5.41, 5.74) is 4.78. The molecule has 4 aromatic rings. The number of rotatable bonds is 5. The molecule has 1 atom stereocenters. The standard InChI is InChI=1S/C28H25ClN2O3/c1-18-25(30-28(34-18)20-11-13-21(33-2)14-12-20)17-26(32)31-16-15-19-7-3-4-8-22(19)27(31)23-9-5-6-10-24(23)29/h3-14,27H,15-17H2,1-2H3. The van der Waals surface area contributed by atoms with Gasteiger partial charge in [0.25, 0.3) is 0 Å². The van der Waals surface area contributed by atoms with E-state index in [9.17, 15) is 4.79 Å². The summed E-state index contributed by atoms with van der Waals surface area (Å²) in [6.45, 7) is 2.47. The molecule has 0 aliphatic carbocycles. The average Bonchev–Trinajstić information content (AvgIpc) is 3.23. The highest BCUT2D eigenvalue weighted by molar-refractivity contribution is 6.31. The lowest BCUT2D eigenvalue weighted by atomic mass is 9.88. The molecule has 1 aliphatic rings. The van der Waals surface area contributed by atoms with Gasteiger partial charge in [0.1, 0.15) is 11.5 Å². The van der Waals surface area contributed by atoms with Gasteiger partial charge in [0, 0.05) is 17.1 Å². The number of aryl methyl sites for hydroxylation is 1. The van der Waals surface area contributed by atoms with Gasteiger partial charge in [-0.15, -0.1) is 0 Å². The van der Waals surface area contributed by atoms with Crippen molar-refractivity contribution in [1.82, 2.24) is 9.88 Å². The van der Waals surface area contributed by atoms with Gasteiger partial charge in [-0.05, 0) is 60.4 Å². The molecule has 1 unspecified atom stereocenters. The maximum atomic E-state index is 13.6. The Bertz CT molecular complexity index is 1330. The first kappa shape index (κ1) is 22.2. The van der Waals surface area contributed by atoms with Crippen molar-refractivity contribution in [3.8, 4) is 17.2 Å². The molecular weight excluding hydrogens is 448 g/mol.